The van der Waals surface area contributed by atoms with Crippen molar-refractivity contribution in [3.05, 3.63) is 46.5 Å². The molecule has 5 heteroatoms. The van der Waals surface area contributed by atoms with Crippen LogP contribution in [-0.4, -0.2) is 9.97 Å². The highest BCUT2D eigenvalue weighted by Gasteiger charge is 2.03. The van der Waals surface area contributed by atoms with Gasteiger partial charge in [0.1, 0.15) is 0 Å². The summed E-state index contributed by atoms with van der Waals surface area (Å²) in [5.74, 6) is 0. The van der Waals surface area contributed by atoms with Gasteiger partial charge in [-0.15, -0.1) is 17.0 Å². The molecule has 3 N–H and O–H groups in total. The van der Waals surface area contributed by atoms with E-state index < -0.39 is 0 Å². The lowest BCUT2D eigenvalue weighted by Crippen LogP contribution is -2.08. The minimum absolute atomic E-state index is 0. The first kappa shape index (κ1) is 12.4. The summed E-state index contributed by atoms with van der Waals surface area (Å²) in [6.07, 6.45) is 1.28. The molecule has 2 rings (SSSR count). The fourth-order valence-corrected chi connectivity index (χ4v) is 1.43. The van der Waals surface area contributed by atoms with Gasteiger partial charge < -0.3 is 10.7 Å². The molecule has 4 nitrogen and oxygen atoms in total. The van der Waals surface area contributed by atoms with Crippen molar-refractivity contribution in [1.29, 1.82) is 0 Å². The summed E-state index contributed by atoms with van der Waals surface area (Å²) in [6, 6.07) is 7.37. The summed E-state index contributed by atoms with van der Waals surface area (Å²) in [5, 5.41) is 0. The Balaban J connectivity index is 0.00000128. The Bertz CT molecular complexity index is 534. The van der Waals surface area contributed by atoms with Gasteiger partial charge in [-0.3, -0.25) is 4.79 Å². The Morgan fingerprint density at radius 1 is 1.25 bits per heavy atom. The molecule has 1 heterocycles. The molecule has 0 radical (unpaired) electrons. The highest BCUT2D eigenvalue weighted by molar-refractivity contribution is 8.93. The van der Waals surface area contributed by atoms with Gasteiger partial charge in [-0.25, -0.2) is 4.98 Å². The summed E-state index contributed by atoms with van der Waals surface area (Å²) in [7, 11) is 0. The van der Waals surface area contributed by atoms with Crippen LogP contribution in [0.4, 0.5) is 5.69 Å². The Kier molecular flexibility index (Phi) is 3.84. The predicted octanol–water partition coefficient (Wildman–Crippen LogP) is 1.91. The molecule has 0 fully saturated rings. The van der Waals surface area contributed by atoms with E-state index in [1.54, 1.807) is 0 Å². The Labute approximate surface area is 103 Å². The first-order chi connectivity index (χ1) is 7.16. The zero-order chi connectivity index (χ0) is 10.8. The van der Waals surface area contributed by atoms with Crippen molar-refractivity contribution in [2.45, 2.75) is 6.92 Å². The van der Waals surface area contributed by atoms with Crippen LogP contribution in [0.1, 0.15) is 5.69 Å². The summed E-state index contributed by atoms with van der Waals surface area (Å²) < 4.78 is 0. The molecule has 0 spiro atoms. The number of aromatic amines is 1. The lowest BCUT2D eigenvalue weighted by atomic mass is 10.1. The number of H-pyrrole nitrogens is 1. The molecule has 0 saturated carbocycles. The average Bonchev–Trinajstić information content (AvgIpc) is 2.20. The van der Waals surface area contributed by atoms with Gasteiger partial charge in [-0.1, -0.05) is 12.1 Å². The largest absolute Gasteiger partial charge is 0.399 e. The van der Waals surface area contributed by atoms with Gasteiger partial charge in [-0.05, 0) is 19.1 Å². The molecule has 1 aromatic carbocycles. The third-order valence-corrected chi connectivity index (χ3v) is 2.16. The van der Waals surface area contributed by atoms with Crippen LogP contribution in [-0.2, 0) is 0 Å². The van der Waals surface area contributed by atoms with Crippen molar-refractivity contribution in [2.24, 2.45) is 0 Å². The molecule has 84 valence electrons. The first-order valence-electron chi connectivity index (χ1n) is 4.58. The van der Waals surface area contributed by atoms with Gasteiger partial charge in [-0.2, -0.15) is 0 Å². The zero-order valence-electron chi connectivity index (χ0n) is 8.73. The molecule has 0 aliphatic rings. The van der Waals surface area contributed by atoms with E-state index in [-0.39, 0.29) is 22.5 Å². The van der Waals surface area contributed by atoms with Crippen LogP contribution in [0, 0.1) is 6.92 Å². The van der Waals surface area contributed by atoms with Crippen LogP contribution < -0.4 is 11.3 Å². The topological polar surface area (TPSA) is 71.8 Å². The number of rotatable bonds is 1. The van der Waals surface area contributed by atoms with Crippen LogP contribution in [0.2, 0.25) is 0 Å². The van der Waals surface area contributed by atoms with Crippen LogP contribution >= 0.6 is 17.0 Å². The summed E-state index contributed by atoms with van der Waals surface area (Å²) >= 11 is 0. The molecule has 2 aromatic rings. The van der Waals surface area contributed by atoms with E-state index >= 15 is 0 Å². The number of nitrogens with zero attached hydrogens (tertiary/aromatic N) is 1. The molecule has 0 aliphatic heterocycles. The lowest BCUT2D eigenvalue weighted by Gasteiger charge is -2.03. The third kappa shape index (κ3) is 2.49. The second-order valence-corrected chi connectivity index (χ2v) is 3.34. The van der Waals surface area contributed by atoms with Crippen molar-refractivity contribution in [3.8, 4) is 11.3 Å². The van der Waals surface area contributed by atoms with E-state index in [0.717, 1.165) is 17.0 Å². The van der Waals surface area contributed by atoms with Crippen molar-refractivity contribution in [1.82, 2.24) is 9.97 Å². The SMILES string of the molecule is Br.Cc1[nH]c(=O)cnc1-c1ccc(N)cc1. The van der Waals surface area contributed by atoms with E-state index in [2.05, 4.69) is 9.97 Å². The number of hydrogen-bond acceptors (Lipinski definition) is 3. The van der Waals surface area contributed by atoms with Gasteiger partial charge in [0.15, 0.2) is 0 Å². The van der Waals surface area contributed by atoms with E-state index in [1.165, 1.54) is 6.20 Å². The maximum absolute atomic E-state index is 11.0. The molecule has 1 aromatic heterocycles. The number of benzene rings is 1. The minimum Gasteiger partial charge on any atom is -0.399 e. The second kappa shape index (κ2) is 4.94. The minimum atomic E-state index is -0.188. The maximum Gasteiger partial charge on any atom is 0.266 e. The Hall–Kier alpha value is -1.62. The smallest absolute Gasteiger partial charge is 0.266 e. The quantitative estimate of drug-likeness (QED) is 0.785. The molecular formula is C11H12BrN3O. The highest BCUT2D eigenvalue weighted by atomic mass is 79.9. The predicted molar refractivity (Wildman–Crippen MR) is 69.8 cm³/mol. The van der Waals surface area contributed by atoms with Crippen molar-refractivity contribution >= 4 is 22.7 Å². The van der Waals surface area contributed by atoms with Gasteiger partial charge in [0, 0.05) is 16.9 Å². The number of hydrogen-bond donors (Lipinski definition) is 2. The Morgan fingerprint density at radius 3 is 2.44 bits per heavy atom. The number of aromatic nitrogens is 2. The van der Waals surface area contributed by atoms with Crippen LogP contribution in [0.5, 0.6) is 0 Å². The second-order valence-electron chi connectivity index (χ2n) is 3.34. The molecule has 16 heavy (non-hydrogen) atoms. The van der Waals surface area contributed by atoms with Crippen molar-refractivity contribution in [3.63, 3.8) is 0 Å². The molecule has 0 unspecified atom stereocenters. The summed E-state index contributed by atoms with van der Waals surface area (Å²) in [4.78, 5) is 17.8. The molecule has 0 saturated heterocycles. The van der Waals surface area contributed by atoms with Crippen molar-refractivity contribution in [2.75, 3.05) is 5.73 Å². The van der Waals surface area contributed by atoms with Gasteiger partial charge >= 0.3 is 0 Å². The number of nitrogens with one attached hydrogen (secondary N) is 1. The fourth-order valence-electron chi connectivity index (χ4n) is 1.43. The monoisotopic (exact) mass is 281 g/mol. The maximum atomic E-state index is 11.0. The van der Waals surface area contributed by atoms with Gasteiger partial charge in [0.05, 0.1) is 11.9 Å². The van der Waals surface area contributed by atoms with Crippen LogP contribution in [0.25, 0.3) is 11.3 Å². The standard InChI is InChI=1S/C11H11N3O.BrH/c1-7-11(13-6-10(15)14-7)8-2-4-9(12)5-3-8;/h2-6H,12H2,1H3,(H,14,15);1H. The first-order valence-corrected chi connectivity index (χ1v) is 4.58. The molecule has 0 aliphatic carbocycles. The molecule has 0 atom stereocenters. The van der Waals surface area contributed by atoms with E-state index in [4.69, 9.17) is 5.73 Å². The van der Waals surface area contributed by atoms with Crippen molar-refractivity contribution < 1.29 is 0 Å². The van der Waals surface area contributed by atoms with E-state index in [1.807, 2.05) is 31.2 Å². The summed E-state index contributed by atoms with van der Waals surface area (Å²) in [6.45, 7) is 1.82. The van der Waals surface area contributed by atoms with Crippen LogP contribution in [0.15, 0.2) is 35.3 Å². The Morgan fingerprint density at radius 2 is 1.88 bits per heavy atom. The highest BCUT2D eigenvalue weighted by Crippen LogP contribution is 2.19. The third-order valence-electron chi connectivity index (χ3n) is 2.16. The number of halogens is 1. The summed E-state index contributed by atoms with van der Waals surface area (Å²) in [5.41, 5.74) is 8.58. The number of aryl methyl sites for hydroxylation is 1. The molecule has 0 bridgehead atoms. The number of nitrogen functional groups attached to an aromatic ring is 1. The molecule has 0 amide bonds. The normalized spacial score (nSPS) is 9.56. The molecular weight excluding hydrogens is 270 g/mol. The fraction of sp³-hybridized carbons (Fsp3) is 0.0909. The van der Waals surface area contributed by atoms with Crippen LogP contribution in [0.3, 0.4) is 0 Å². The number of nitrogens with two attached hydrogens (primary N) is 1. The lowest BCUT2D eigenvalue weighted by molar-refractivity contribution is 1.07. The van der Waals surface area contributed by atoms with Gasteiger partial charge in [0.25, 0.3) is 5.56 Å². The zero-order valence-corrected chi connectivity index (χ0v) is 10.4. The average molecular weight is 282 g/mol. The van der Waals surface area contributed by atoms with E-state index in [9.17, 15) is 4.79 Å². The van der Waals surface area contributed by atoms with E-state index in [0.29, 0.717) is 5.69 Å². The van der Waals surface area contributed by atoms with Gasteiger partial charge in [0.2, 0.25) is 0 Å². The number of anilines is 1.